The number of hydrogen-bond donors (Lipinski definition) is 0. The van der Waals surface area contributed by atoms with Gasteiger partial charge in [-0.1, -0.05) is 41.6 Å². The highest BCUT2D eigenvalue weighted by Crippen LogP contribution is 2.25. The van der Waals surface area contributed by atoms with Crippen LogP contribution in [0.4, 0.5) is 0 Å². The van der Waals surface area contributed by atoms with Gasteiger partial charge in [0.15, 0.2) is 11.0 Å². The molecule has 0 aliphatic rings. The summed E-state index contributed by atoms with van der Waals surface area (Å²) in [5, 5.41) is 10.3. The van der Waals surface area contributed by atoms with Gasteiger partial charge in [-0.05, 0) is 36.4 Å². The maximum Gasteiger partial charge on any atom is 0.191 e. The second-order valence-corrected chi connectivity index (χ2v) is 6.97. The van der Waals surface area contributed by atoms with E-state index in [1.807, 2.05) is 54.6 Å². The van der Waals surface area contributed by atoms with Crippen molar-refractivity contribution in [1.29, 1.82) is 0 Å². The third-order valence-corrected chi connectivity index (χ3v) is 4.85. The Morgan fingerprint density at radius 2 is 1.77 bits per heavy atom. The Morgan fingerprint density at radius 3 is 2.50 bits per heavy atom. The largest absolute Gasteiger partial charge is 0.493 e. The fraction of sp³-hybridized carbons (Fsp3) is 0.263. The maximum atomic E-state index is 5.98. The first-order chi connectivity index (χ1) is 12.8. The molecule has 26 heavy (non-hydrogen) atoms. The van der Waals surface area contributed by atoms with Crippen molar-refractivity contribution in [2.24, 2.45) is 0 Å². The second kappa shape index (κ2) is 9.62. The highest BCUT2D eigenvalue weighted by atomic mass is 35.5. The second-order valence-electron chi connectivity index (χ2n) is 5.47. The molecule has 3 aromatic rings. The number of para-hydroxylation sites is 1. The molecule has 1 aromatic heterocycles. The average molecular weight is 390 g/mol. The molecule has 2 aromatic carbocycles. The Balaban J connectivity index is 1.67. The zero-order valence-electron chi connectivity index (χ0n) is 14.5. The van der Waals surface area contributed by atoms with E-state index in [0.717, 1.165) is 28.0 Å². The van der Waals surface area contributed by atoms with Crippen molar-refractivity contribution < 1.29 is 9.47 Å². The van der Waals surface area contributed by atoms with Crippen LogP contribution in [0.1, 0.15) is 0 Å². The normalized spacial score (nSPS) is 10.8. The fourth-order valence-corrected chi connectivity index (χ4v) is 3.31. The summed E-state index contributed by atoms with van der Waals surface area (Å²) in [4.78, 5) is 0. The van der Waals surface area contributed by atoms with Crippen molar-refractivity contribution in [2.45, 2.75) is 11.7 Å². The summed E-state index contributed by atoms with van der Waals surface area (Å²) in [5.74, 6) is 2.46. The van der Waals surface area contributed by atoms with Gasteiger partial charge >= 0.3 is 0 Å². The monoisotopic (exact) mass is 389 g/mol. The van der Waals surface area contributed by atoms with Gasteiger partial charge in [-0.2, -0.15) is 0 Å². The minimum absolute atomic E-state index is 0.590. The van der Waals surface area contributed by atoms with Crippen LogP contribution >= 0.6 is 23.4 Å². The molecule has 7 heteroatoms. The summed E-state index contributed by atoms with van der Waals surface area (Å²) in [6, 6.07) is 17.4. The predicted octanol–water partition coefficient (Wildman–Crippen LogP) is 4.42. The SMILES string of the molecule is COCCn1c(SCCOc2ccccc2)nnc1-c1ccc(Cl)cc1. The number of nitrogens with zero attached hydrogens (tertiary/aromatic N) is 3. The Kier molecular flexibility index (Phi) is 6.94. The highest BCUT2D eigenvalue weighted by Gasteiger charge is 2.14. The molecule has 0 spiro atoms. The Bertz CT molecular complexity index is 809. The van der Waals surface area contributed by atoms with E-state index in [2.05, 4.69) is 14.8 Å². The highest BCUT2D eigenvalue weighted by molar-refractivity contribution is 7.99. The number of hydrogen-bond acceptors (Lipinski definition) is 5. The summed E-state index contributed by atoms with van der Waals surface area (Å²) in [5.41, 5.74) is 0.977. The molecule has 0 aliphatic heterocycles. The molecule has 0 unspecified atom stereocenters. The molecule has 0 N–H and O–H groups in total. The molecule has 0 aliphatic carbocycles. The van der Waals surface area contributed by atoms with Crippen LogP contribution in [-0.4, -0.2) is 40.8 Å². The van der Waals surface area contributed by atoms with Crippen LogP contribution in [0.25, 0.3) is 11.4 Å². The van der Waals surface area contributed by atoms with Crippen molar-refractivity contribution in [2.75, 3.05) is 26.1 Å². The standard InChI is InChI=1S/C19H20ClN3O2S/c1-24-12-11-23-18(15-7-9-16(20)10-8-15)21-22-19(23)26-14-13-25-17-5-3-2-4-6-17/h2-10H,11-14H2,1H3. The quantitative estimate of drug-likeness (QED) is 0.400. The minimum Gasteiger partial charge on any atom is -0.493 e. The van der Waals surface area contributed by atoms with Crippen LogP contribution in [0.5, 0.6) is 5.75 Å². The Hall–Kier alpha value is -2.02. The van der Waals surface area contributed by atoms with E-state index in [-0.39, 0.29) is 0 Å². The Labute approximate surface area is 162 Å². The zero-order valence-corrected chi connectivity index (χ0v) is 16.0. The molecule has 0 amide bonds. The van der Waals surface area contributed by atoms with Crippen molar-refractivity contribution >= 4 is 23.4 Å². The van der Waals surface area contributed by atoms with E-state index in [9.17, 15) is 0 Å². The van der Waals surface area contributed by atoms with Gasteiger partial charge in [0.2, 0.25) is 0 Å². The van der Waals surface area contributed by atoms with Gasteiger partial charge in [0.25, 0.3) is 0 Å². The van der Waals surface area contributed by atoms with Gasteiger partial charge in [0, 0.05) is 23.4 Å². The lowest BCUT2D eigenvalue weighted by atomic mass is 10.2. The predicted molar refractivity (Wildman–Crippen MR) is 105 cm³/mol. The van der Waals surface area contributed by atoms with Crippen LogP contribution in [0.3, 0.4) is 0 Å². The van der Waals surface area contributed by atoms with Crippen molar-refractivity contribution in [3.63, 3.8) is 0 Å². The van der Waals surface area contributed by atoms with Gasteiger partial charge in [-0.15, -0.1) is 10.2 Å². The number of rotatable bonds is 9. The topological polar surface area (TPSA) is 49.2 Å². The number of halogens is 1. The summed E-state index contributed by atoms with van der Waals surface area (Å²) in [6.45, 7) is 1.87. The molecule has 3 rings (SSSR count). The first-order valence-corrected chi connectivity index (χ1v) is 9.63. The summed E-state index contributed by atoms with van der Waals surface area (Å²) in [6.07, 6.45) is 0. The number of methoxy groups -OCH3 is 1. The molecule has 0 saturated carbocycles. The fourth-order valence-electron chi connectivity index (χ4n) is 2.40. The van der Waals surface area contributed by atoms with Crippen molar-refractivity contribution in [3.05, 3.63) is 59.6 Å². The van der Waals surface area contributed by atoms with Gasteiger partial charge in [-0.3, -0.25) is 4.57 Å². The molecule has 136 valence electrons. The lowest BCUT2D eigenvalue weighted by Gasteiger charge is -2.10. The van der Waals surface area contributed by atoms with Crippen LogP contribution < -0.4 is 4.74 Å². The molecule has 1 heterocycles. The van der Waals surface area contributed by atoms with Gasteiger partial charge in [0.1, 0.15) is 5.75 Å². The molecule has 0 atom stereocenters. The van der Waals surface area contributed by atoms with Gasteiger partial charge in [-0.25, -0.2) is 0 Å². The van der Waals surface area contributed by atoms with Gasteiger partial charge in [0.05, 0.1) is 19.8 Å². The van der Waals surface area contributed by atoms with Crippen molar-refractivity contribution in [1.82, 2.24) is 14.8 Å². The molecular weight excluding hydrogens is 370 g/mol. The number of aromatic nitrogens is 3. The van der Waals surface area contributed by atoms with E-state index >= 15 is 0 Å². The zero-order chi connectivity index (χ0) is 18.2. The lowest BCUT2D eigenvalue weighted by Crippen LogP contribution is -2.08. The molecule has 5 nitrogen and oxygen atoms in total. The molecular formula is C19H20ClN3O2S. The van der Waals surface area contributed by atoms with Crippen LogP contribution in [0.2, 0.25) is 5.02 Å². The number of thioether (sulfide) groups is 1. The maximum absolute atomic E-state index is 5.98. The van der Waals surface area contributed by atoms with E-state index in [1.165, 1.54) is 0 Å². The average Bonchev–Trinajstić information content (AvgIpc) is 3.07. The molecule has 0 fully saturated rings. The van der Waals surface area contributed by atoms with Gasteiger partial charge < -0.3 is 9.47 Å². The van der Waals surface area contributed by atoms with Crippen LogP contribution in [0.15, 0.2) is 59.8 Å². The third kappa shape index (κ3) is 5.00. The summed E-state index contributed by atoms with van der Waals surface area (Å²) in [7, 11) is 1.69. The van der Waals surface area contributed by atoms with E-state index in [1.54, 1.807) is 18.9 Å². The first-order valence-electron chi connectivity index (χ1n) is 8.26. The molecule has 0 radical (unpaired) electrons. The summed E-state index contributed by atoms with van der Waals surface area (Å²) >= 11 is 7.60. The number of benzene rings is 2. The van der Waals surface area contributed by atoms with E-state index in [0.29, 0.717) is 24.8 Å². The summed E-state index contributed by atoms with van der Waals surface area (Å²) < 4.78 is 13.0. The Morgan fingerprint density at radius 1 is 1.00 bits per heavy atom. The first kappa shape index (κ1) is 18.8. The number of ether oxygens (including phenoxy) is 2. The van der Waals surface area contributed by atoms with Crippen molar-refractivity contribution in [3.8, 4) is 17.1 Å². The molecule has 0 bridgehead atoms. The van der Waals surface area contributed by atoms with E-state index < -0.39 is 0 Å². The lowest BCUT2D eigenvalue weighted by molar-refractivity contribution is 0.185. The smallest absolute Gasteiger partial charge is 0.191 e. The van der Waals surface area contributed by atoms with Crippen LogP contribution in [0, 0.1) is 0 Å². The third-order valence-electron chi connectivity index (χ3n) is 3.66. The molecule has 0 saturated heterocycles. The minimum atomic E-state index is 0.590. The van der Waals surface area contributed by atoms with Crippen LogP contribution in [-0.2, 0) is 11.3 Å². The van der Waals surface area contributed by atoms with E-state index in [4.69, 9.17) is 21.1 Å².